The predicted molar refractivity (Wildman–Crippen MR) is 69.6 cm³/mol. The van der Waals surface area contributed by atoms with Crippen LogP contribution in [0.1, 0.15) is 19.4 Å². The number of pyridine rings is 1. The third kappa shape index (κ3) is 5.01. The fourth-order valence-electron chi connectivity index (χ4n) is 1.11. The average molecular weight is 323 g/mol. The van der Waals surface area contributed by atoms with Gasteiger partial charge in [0.15, 0.2) is 0 Å². The number of alkyl halides is 1. The van der Waals surface area contributed by atoms with Crippen molar-refractivity contribution in [3.8, 4) is 5.88 Å². The highest BCUT2D eigenvalue weighted by Crippen LogP contribution is 2.15. The predicted octanol–water partition coefficient (Wildman–Crippen LogP) is 1.64. The van der Waals surface area contributed by atoms with Gasteiger partial charge >= 0.3 is 0 Å². The highest BCUT2D eigenvalue weighted by Gasteiger charge is 2.11. The maximum atomic E-state index is 11.3. The summed E-state index contributed by atoms with van der Waals surface area (Å²) in [6.07, 6.45) is 1.61. The normalized spacial score (nSPS) is 11.8. The smallest absolute Gasteiger partial charge is 0.221 e. The maximum absolute atomic E-state index is 11.3. The van der Waals surface area contributed by atoms with Gasteiger partial charge in [-0.25, -0.2) is 18.1 Å². The number of halogens is 1. The number of aromatic nitrogens is 1. The van der Waals surface area contributed by atoms with E-state index in [2.05, 4.69) is 25.6 Å². The second kappa shape index (κ2) is 6.32. The second-order valence-electron chi connectivity index (χ2n) is 3.68. The molecule has 1 aromatic heterocycles. The molecule has 0 radical (unpaired) electrons. The zero-order valence-corrected chi connectivity index (χ0v) is 12.1. The van der Waals surface area contributed by atoms with Gasteiger partial charge in [-0.1, -0.05) is 22.0 Å². The number of hydrogen-bond donors (Lipinski definition) is 1. The van der Waals surface area contributed by atoms with Crippen LogP contribution in [0.5, 0.6) is 5.88 Å². The molecule has 0 aliphatic rings. The van der Waals surface area contributed by atoms with Gasteiger partial charge in [-0.05, 0) is 19.9 Å². The number of nitrogens with zero attached hydrogens (tertiary/aromatic N) is 1. The summed E-state index contributed by atoms with van der Waals surface area (Å²) in [6, 6.07) is 3.52. The Morgan fingerprint density at radius 3 is 2.82 bits per heavy atom. The molecule has 17 heavy (non-hydrogen) atoms. The van der Waals surface area contributed by atoms with Crippen LogP contribution in [0.3, 0.4) is 0 Å². The SMILES string of the molecule is CC(C)Oc1ncccc1CNS(=O)(=O)CBr. The molecule has 0 unspecified atom stereocenters. The minimum absolute atomic E-state index is 0.00330. The molecule has 0 atom stereocenters. The van der Waals surface area contributed by atoms with Crippen LogP contribution in [-0.4, -0.2) is 24.2 Å². The number of sulfonamides is 1. The summed E-state index contributed by atoms with van der Waals surface area (Å²) in [5, 5.41) is 0. The van der Waals surface area contributed by atoms with Gasteiger partial charge < -0.3 is 4.74 Å². The summed E-state index contributed by atoms with van der Waals surface area (Å²) in [4.78, 5) is 4.08. The fraction of sp³-hybridized carbons (Fsp3) is 0.500. The van der Waals surface area contributed by atoms with Crippen molar-refractivity contribution < 1.29 is 13.2 Å². The first-order valence-electron chi connectivity index (χ1n) is 5.08. The van der Waals surface area contributed by atoms with E-state index in [1.165, 1.54) is 0 Å². The van der Waals surface area contributed by atoms with Crippen molar-refractivity contribution in [1.29, 1.82) is 0 Å². The molecule has 0 aliphatic carbocycles. The highest BCUT2D eigenvalue weighted by atomic mass is 79.9. The lowest BCUT2D eigenvalue weighted by molar-refractivity contribution is 0.230. The third-order valence-corrected chi connectivity index (χ3v) is 4.50. The summed E-state index contributed by atoms with van der Waals surface area (Å²) in [5.41, 5.74) is 0.714. The number of nitrogens with one attached hydrogen (secondary N) is 1. The van der Waals surface area contributed by atoms with Gasteiger partial charge in [-0.2, -0.15) is 0 Å². The zero-order valence-electron chi connectivity index (χ0n) is 9.68. The summed E-state index contributed by atoms with van der Waals surface area (Å²) in [7, 11) is -3.28. The van der Waals surface area contributed by atoms with Gasteiger partial charge in [0.05, 0.1) is 6.10 Å². The average Bonchev–Trinajstić information content (AvgIpc) is 2.27. The molecule has 0 saturated heterocycles. The van der Waals surface area contributed by atoms with E-state index in [9.17, 15) is 8.42 Å². The van der Waals surface area contributed by atoms with Crippen LogP contribution in [-0.2, 0) is 16.6 Å². The van der Waals surface area contributed by atoms with Gasteiger partial charge in [0.2, 0.25) is 15.9 Å². The highest BCUT2D eigenvalue weighted by molar-refractivity contribution is 9.10. The lowest BCUT2D eigenvalue weighted by Crippen LogP contribution is -2.24. The van der Waals surface area contributed by atoms with E-state index in [0.717, 1.165) is 0 Å². The summed E-state index contributed by atoms with van der Waals surface area (Å²) in [6.45, 7) is 3.95. The van der Waals surface area contributed by atoms with E-state index in [1.807, 2.05) is 13.8 Å². The lowest BCUT2D eigenvalue weighted by Gasteiger charge is -2.12. The van der Waals surface area contributed by atoms with Crippen molar-refractivity contribution in [3.63, 3.8) is 0 Å². The molecule has 0 saturated carbocycles. The van der Waals surface area contributed by atoms with Crippen LogP contribution < -0.4 is 9.46 Å². The number of rotatable bonds is 6. The van der Waals surface area contributed by atoms with Crippen molar-refractivity contribution in [2.24, 2.45) is 0 Å². The van der Waals surface area contributed by atoms with Crippen LogP contribution in [0.25, 0.3) is 0 Å². The standard InChI is InChI=1S/C10H15BrN2O3S/c1-8(2)16-10-9(4-3-5-12-10)6-13-17(14,15)7-11/h3-5,8,13H,6-7H2,1-2H3. The first-order chi connectivity index (χ1) is 7.94. The van der Waals surface area contributed by atoms with Crippen molar-refractivity contribution in [1.82, 2.24) is 9.71 Å². The lowest BCUT2D eigenvalue weighted by atomic mass is 10.3. The molecule has 0 aliphatic heterocycles. The maximum Gasteiger partial charge on any atom is 0.221 e. The van der Waals surface area contributed by atoms with E-state index in [1.54, 1.807) is 18.3 Å². The van der Waals surface area contributed by atoms with Gasteiger partial charge in [0.25, 0.3) is 0 Å². The topological polar surface area (TPSA) is 68.3 Å². The van der Waals surface area contributed by atoms with E-state index in [0.29, 0.717) is 11.4 Å². The molecule has 0 fully saturated rings. The molecule has 0 amide bonds. The molecule has 1 heterocycles. The van der Waals surface area contributed by atoms with Crippen LogP contribution in [0, 0.1) is 0 Å². The molecule has 1 N–H and O–H groups in total. The van der Waals surface area contributed by atoms with E-state index in [4.69, 9.17) is 4.74 Å². The van der Waals surface area contributed by atoms with Crippen molar-refractivity contribution in [2.75, 3.05) is 4.66 Å². The summed E-state index contributed by atoms with van der Waals surface area (Å²) < 4.78 is 30.4. The van der Waals surface area contributed by atoms with Crippen LogP contribution >= 0.6 is 15.9 Å². The Morgan fingerprint density at radius 2 is 2.24 bits per heavy atom. The van der Waals surface area contributed by atoms with E-state index < -0.39 is 10.0 Å². The second-order valence-corrected chi connectivity index (χ2v) is 6.79. The van der Waals surface area contributed by atoms with E-state index >= 15 is 0 Å². The zero-order chi connectivity index (χ0) is 12.9. The minimum atomic E-state index is -3.28. The Hall–Kier alpha value is -0.660. The molecule has 7 heteroatoms. The van der Waals surface area contributed by atoms with Gasteiger partial charge in [-0.15, -0.1) is 0 Å². The van der Waals surface area contributed by atoms with Crippen LogP contribution in [0.4, 0.5) is 0 Å². The Labute approximate surface area is 110 Å². The van der Waals surface area contributed by atoms with Crippen molar-refractivity contribution >= 4 is 26.0 Å². The van der Waals surface area contributed by atoms with E-state index in [-0.39, 0.29) is 17.3 Å². The quantitative estimate of drug-likeness (QED) is 0.808. The third-order valence-electron chi connectivity index (χ3n) is 1.82. The molecular formula is C10H15BrN2O3S. The van der Waals surface area contributed by atoms with Gasteiger partial charge in [0, 0.05) is 18.3 Å². The Kier molecular flexibility index (Phi) is 5.35. The molecule has 5 nitrogen and oxygen atoms in total. The molecular weight excluding hydrogens is 308 g/mol. The Morgan fingerprint density at radius 1 is 1.53 bits per heavy atom. The van der Waals surface area contributed by atoms with Crippen molar-refractivity contribution in [3.05, 3.63) is 23.9 Å². The number of ether oxygens (including phenoxy) is 1. The Balaban J connectivity index is 2.77. The largest absolute Gasteiger partial charge is 0.475 e. The van der Waals surface area contributed by atoms with Crippen molar-refractivity contribution in [2.45, 2.75) is 26.5 Å². The minimum Gasteiger partial charge on any atom is -0.475 e. The molecule has 1 rings (SSSR count). The molecule has 0 spiro atoms. The number of hydrogen-bond acceptors (Lipinski definition) is 4. The van der Waals surface area contributed by atoms with Crippen LogP contribution in [0.2, 0.25) is 0 Å². The molecule has 96 valence electrons. The molecule has 0 bridgehead atoms. The van der Waals surface area contributed by atoms with Gasteiger partial charge in [0.1, 0.15) is 4.66 Å². The summed E-state index contributed by atoms with van der Waals surface area (Å²) in [5.74, 6) is 0.458. The summed E-state index contributed by atoms with van der Waals surface area (Å²) >= 11 is 2.91. The van der Waals surface area contributed by atoms with Gasteiger partial charge in [-0.3, -0.25) is 0 Å². The fourth-order valence-corrected chi connectivity index (χ4v) is 2.05. The monoisotopic (exact) mass is 322 g/mol. The Bertz CT molecular complexity index is 462. The molecule has 1 aromatic rings. The van der Waals surface area contributed by atoms with Crippen LogP contribution in [0.15, 0.2) is 18.3 Å². The first-order valence-corrected chi connectivity index (χ1v) is 7.86. The first kappa shape index (κ1) is 14.4. The molecule has 0 aromatic carbocycles.